The molecule has 0 unspecified atom stereocenters. The lowest BCUT2D eigenvalue weighted by atomic mass is 10.0. The van der Waals surface area contributed by atoms with Gasteiger partial charge in [-0.3, -0.25) is 13.9 Å². The number of rotatable bonds is 13. The van der Waals surface area contributed by atoms with Gasteiger partial charge in [-0.05, 0) is 54.8 Å². The number of benzene rings is 3. The van der Waals surface area contributed by atoms with Crippen LogP contribution in [0.3, 0.4) is 0 Å². The maximum Gasteiger partial charge on any atom is 0.244 e. The molecule has 0 saturated carbocycles. The largest absolute Gasteiger partial charge is 0.497 e. The van der Waals surface area contributed by atoms with E-state index in [0.29, 0.717) is 17.7 Å². The van der Waals surface area contributed by atoms with Crippen molar-refractivity contribution in [1.29, 1.82) is 0 Å². The van der Waals surface area contributed by atoms with Crippen LogP contribution in [0.2, 0.25) is 0 Å². The van der Waals surface area contributed by atoms with E-state index in [9.17, 15) is 22.4 Å². The van der Waals surface area contributed by atoms with Crippen LogP contribution in [0.15, 0.2) is 78.9 Å². The number of hydrogen-bond acceptors (Lipinski definition) is 5. The van der Waals surface area contributed by atoms with E-state index in [4.69, 9.17) is 4.74 Å². The Bertz CT molecular complexity index is 1400. The molecule has 3 aromatic rings. The van der Waals surface area contributed by atoms with Crippen molar-refractivity contribution in [2.24, 2.45) is 0 Å². The number of amides is 2. The van der Waals surface area contributed by atoms with Gasteiger partial charge in [-0.2, -0.15) is 0 Å². The van der Waals surface area contributed by atoms with Gasteiger partial charge >= 0.3 is 0 Å². The number of sulfonamides is 1. The predicted octanol–water partition coefficient (Wildman–Crippen LogP) is 4.16. The van der Waals surface area contributed by atoms with Gasteiger partial charge in [0.1, 0.15) is 24.2 Å². The normalized spacial score (nSPS) is 12.7. The lowest BCUT2D eigenvalue weighted by molar-refractivity contribution is -0.140. The van der Waals surface area contributed by atoms with E-state index in [2.05, 4.69) is 5.32 Å². The van der Waals surface area contributed by atoms with Crippen molar-refractivity contribution in [1.82, 2.24) is 10.2 Å². The summed E-state index contributed by atoms with van der Waals surface area (Å²) in [6, 6.07) is 20.3. The van der Waals surface area contributed by atoms with Gasteiger partial charge in [0.05, 0.1) is 19.1 Å². The summed E-state index contributed by atoms with van der Waals surface area (Å²) in [5.74, 6) is -1.03. The van der Waals surface area contributed by atoms with Gasteiger partial charge in [0.15, 0.2) is 0 Å². The van der Waals surface area contributed by atoms with Gasteiger partial charge in [-0.15, -0.1) is 0 Å². The summed E-state index contributed by atoms with van der Waals surface area (Å²) in [5.41, 5.74) is 1.54. The van der Waals surface area contributed by atoms with Gasteiger partial charge < -0.3 is 15.0 Å². The van der Waals surface area contributed by atoms with E-state index in [1.54, 1.807) is 24.3 Å². The molecule has 8 nitrogen and oxygen atoms in total. The van der Waals surface area contributed by atoms with Crippen LogP contribution < -0.4 is 14.4 Å². The first kappa shape index (κ1) is 30.6. The van der Waals surface area contributed by atoms with Crippen molar-refractivity contribution >= 4 is 27.5 Å². The second-order valence-corrected chi connectivity index (χ2v) is 11.6. The van der Waals surface area contributed by atoms with Crippen LogP contribution in [-0.2, 0) is 32.6 Å². The first-order chi connectivity index (χ1) is 19.0. The van der Waals surface area contributed by atoms with Gasteiger partial charge in [0, 0.05) is 19.0 Å². The third-order valence-corrected chi connectivity index (χ3v) is 7.68. The summed E-state index contributed by atoms with van der Waals surface area (Å²) in [6.45, 7) is 3.22. The number of carbonyl (C=O) groups is 2. The first-order valence-corrected chi connectivity index (χ1v) is 14.9. The van der Waals surface area contributed by atoms with Crippen molar-refractivity contribution in [3.05, 3.63) is 95.8 Å². The molecule has 0 bridgehead atoms. The fourth-order valence-corrected chi connectivity index (χ4v) is 5.05. The molecule has 3 aromatic carbocycles. The number of halogens is 1. The molecular formula is C30H36FN3O5S. The lowest BCUT2D eigenvalue weighted by Gasteiger charge is -2.34. The van der Waals surface area contributed by atoms with Crippen LogP contribution in [0, 0.1) is 5.82 Å². The van der Waals surface area contributed by atoms with E-state index in [1.807, 2.05) is 44.2 Å². The highest BCUT2D eigenvalue weighted by atomic mass is 32.2. The molecule has 0 fully saturated rings. The number of nitrogens with zero attached hydrogens (tertiary/aromatic N) is 2. The molecular weight excluding hydrogens is 533 g/mol. The Morgan fingerprint density at radius 2 is 1.65 bits per heavy atom. The maximum absolute atomic E-state index is 14.0. The fourth-order valence-electron chi connectivity index (χ4n) is 4.21. The Morgan fingerprint density at radius 1 is 0.975 bits per heavy atom. The minimum absolute atomic E-state index is 0.0147. The molecule has 0 saturated heterocycles. The molecule has 0 aliphatic rings. The summed E-state index contributed by atoms with van der Waals surface area (Å²) >= 11 is 0. The van der Waals surface area contributed by atoms with Crippen molar-refractivity contribution < 1.29 is 27.1 Å². The predicted molar refractivity (Wildman–Crippen MR) is 154 cm³/mol. The highest BCUT2D eigenvalue weighted by molar-refractivity contribution is 7.92. The minimum atomic E-state index is -3.98. The molecule has 0 aliphatic carbocycles. The molecule has 1 N–H and O–H groups in total. The van der Waals surface area contributed by atoms with E-state index in [-0.39, 0.29) is 30.6 Å². The van der Waals surface area contributed by atoms with Crippen LogP contribution in [-0.4, -0.2) is 57.1 Å². The van der Waals surface area contributed by atoms with E-state index >= 15 is 0 Å². The summed E-state index contributed by atoms with van der Waals surface area (Å²) in [5, 5.41) is 2.98. The monoisotopic (exact) mass is 569 g/mol. The van der Waals surface area contributed by atoms with Crippen LogP contribution in [0.5, 0.6) is 5.75 Å². The SMILES string of the molecule is CC[C@H](C)NC(=O)[C@@H](Cc1ccccc1)N(Cc1cccc(OC)c1)C(=O)CN(c1cccc(F)c1)S(C)(=O)=O. The molecule has 2 atom stereocenters. The topological polar surface area (TPSA) is 96.0 Å². The fraction of sp³-hybridized carbons (Fsp3) is 0.333. The summed E-state index contributed by atoms with van der Waals surface area (Å²) < 4.78 is 45.7. The Balaban J connectivity index is 2.07. The average Bonchev–Trinajstić information content (AvgIpc) is 2.93. The molecule has 10 heteroatoms. The minimum Gasteiger partial charge on any atom is -0.497 e. The van der Waals surface area contributed by atoms with Crippen molar-refractivity contribution in [3.8, 4) is 5.75 Å². The zero-order valence-electron chi connectivity index (χ0n) is 23.2. The first-order valence-electron chi connectivity index (χ1n) is 13.0. The summed E-state index contributed by atoms with van der Waals surface area (Å²) in [7, 11) is -2.45. The number of ether oxygens (including phenoxy) is 1. The third-order valence-electron chi connectivity index (χ3n) is 6.53. The molecule has 214 valence electrons. The average molecular weight is 570 g/mol. The molecule has 0 spiro atoms. The van der Waals surface area contributed by atoms with E-state index < -0.39 is 34.3 Å². The molecule has 0 aliphatic heterocycles. The van der Waals surface area contributed by atoms with Crippen LogP contribution >= 0.6 is 0 Å². The Labute approximate surface area is 235 Å². The number of anilines is 1. The number of hydrogen-bond donors (Lipinski definition) is 1. The standard InChI is InChI=1S/C30H36FN3O5S/c1-5-22(2)32-30(36)28(18-23-11-7-6-8-12-23)33(20-24-13-9-16-27(17-24)39-3)29(35)21-34(40(4,37)38)26-15-10-14-25(31)19-26/h6-17,19,22,28H,5,18,20-21H2,1-4H3,(H,32,36)/t22-,28+/m0/s1. The molecule has 0 radical (unpaired) electrons. The van der Waals surface area contributed by atoms with Crippen molar-refractivity contribution in [2.45, 2.75) is 45.3 Å². The van der Waals surface area contributed by atoms with E-state index in [0.717, 1.165) is 22.2 Å². The van der Waals surface area contributed by atoms with Gasteiger partial charge in [0.2, 0.25) is 21.8 Å². The van der Waals surface area contributed by atoms with Crippen molar-refractivity contribution in [2.75, 3.05) is 24.2 Å². The van der Waals surface area contributed by atoms with E-state index in [1.165, 1.54) is 30.2 Å². The highest BCUT2D eigenvalue weighted by Gasteiger charge is 2.33. The zero-order chi connectivity index (χ0) is 29.3. The number of carbonyl (C=O) groups excluding carboxylic acids is 2. The Hall–Kier alpha value is -3.92. The summed E-state index contributed by atoms with van der Waals surface area (Å²) in [6.07, 6.45) is 1.85. The highest BCUT2D eigenvalue weighted by Crippen LogP contribution is 2.22. The Morgan fingerprint density at radius 3 is 2.27 bits per heavy atom. The number of methoxy groups -OCH3 is 1. The second kappa shape index (κ2) is 13.9. The van der Waals surface area contributed by atoms with Crippen LogP contribution in [0.25, 0.3) is 0 Å². The third kappa shape index (κ3) is 8.54. The maximum atomic E-state index is 14.0. The van der Waals surface area contributed by atoms with Gasteiger partial charge in [0.25, 0.3) is 0 Å². The molecule has 0 aromatic heterocycles. The quantitative estimate of drug-likeness (QED) is 0.334. The molecule has 40 heavy (non-hydrogen) atoms. The molecule has 0 heterocycles. The van der Waals surface area contributed by atoms with Crippen LogP contribution in [0.4, 0.5) is 10.1 Å². The smallest absolute Gasteiger partial charge is 0.244 e. The lowest BCUT2D eigenvalue weighted by Crippen LogP contribution is -2.54. The number of nitrogens with one attached hydrogen (secondary N) is 1. The van der Waals surface area contributed by atoms with Crippen molar-refractivity contribution in [3.63, 3.8) is 0 Å². The van der Waals surface area contributed by atoms with Crippen LogP contribution in [0.1, 0.15) is 31.4 Å². The van der Waals surface area contributed by atoms with Gasteiger partial charge in [-0.25, -0.2) is 12.8 Å². The zero-order valence-corrected chi connectivity index (χ0v) is 24.0. The summed E-state index contributed by atoms with van der Waals surface area (Å²) in [4.78, 5) is 29.1. The Kier molecular flexibility index (Phi) is 10.7. The second-order valence-electron chi connectivity index (χ2n) is 9.65. The van der Waals surface area contributed by atoms with Gasteiger partial charge in [-0.1, -0.05) is 55.5 Å². The molecule has 2 amide bonds. The molecule has 3 rings (SSSR count).